The molecule has 0 atom stereocenters. The van der Waals surface area contributed by atoms with Gasteiger partial charge in [0.2, 0.25) is 0 Å². The summed E-state index contributed by atoms with van der Waals surface area (Å²) in [5.74, 6) is 0. The van der Waals surface area contributed by atoms with Crippen molar-refractivity contribution in [3.8, 4) is 0 Å². The molecule has 0 bridgehead atoms. The first-order valence-electron chi connectivity index (χ1n) is 3.18. The van der Waals surface area contributed by atoms with Crippen molar-refractivity contribution in [1.82, 2.24) is 0 Å². The van der Waals surface area contributed by atoms with E-state index >= 15 is 0 Å². The first kappa shape index (κ1) is 11.9. The zero-order chi connectivity index (χ0) is 5.70. The van der Waals surface area contributed by atoms with Crippen LogP contribution in [0, 0.1) is 0 Å². The predicted molar refractivity (Wildman–Crippen MR) is 38.7 cm³/mol. The van der Waals surface area contributed by atoms with Crippen LogP contribution in [0.5, 0.6) is 0 Å². The van der Waals surface area contributed by atoms with Crippen molar-refractivity contribution in [2.45, 2.75) is 33.2 Å². The van der Waals surface area contributed by atoms with Gasteiger partial charge in [-0.1, -0.05) is 0 Å². The quantitative estimate of drug-likeness (QED) is 0.676. The Balaban J connectivity index is 0. The van der Waals surface area contributed by atoms with E-state index in [9.17, 15) is 0 Å². The summed E-state index contributed by atoms with van der Waals surface area (Å²) in [5.41, 5.74) is 0. The van der Waals surface area contributed by atoms with Crippen LogP contribution in [0.1, 0.15) is 20.8 Å². The van der Waals surface area contributed by atoms with E-state index in [0.29, 0.717) is 0 Å². The van der Waals surface area contributed by atoms with Gasteiger partial charge in [-0.15, -0.1) is 12.4 Å². The Hall–Kier alpha value is 1.17. The summed E-state index contributed by atoms with van der Waals surface area (Å²) in [5, 5.41) is 0. The van der Waals surface area contributed by atoms with Crippen molar-refractivity contribution < 1.29 is 21.8 Å². The molecule has 0 saturated heterocycles. The van der Waals surface area contributed by atoms with Crippen LogP contribution in [0.25, 0.3) is 0 Å². The van der Waals surface area contributed by atoms with Gasteiger partial charge >= 0.3 is 54.9 Å². The Morgan fingerprint density at radius 2 is 1.12 bits per heavy atom. The number of hydrogen-bond acceptors (Lipinski definition) is 0. The fourth-order valence-electron chi connectivity index (χ4n) is 0.750. The molecule has 8 heavy (non-hydrogen) atoms. The standard InChI is InChI=1S/3C2H5.ClH.Zr/c3*1-2;;/h3*1H2,2H3;1H;. The van der Waals surface area contributed by atoms with Crippen molar-refractivity contribution in [3.63, 3.8) is 0 Å². The van der Waals surface area contributed by atoms with Gasteiger partial charge in [0, 0.05) is 0 Å². The fraction of sp³-hybridized carbons (Fsp3) is 1.00. The maximum absolute atomic E-state index is 2.35. The second kappa shape index (κ2) is 8.17. The molecule has 0 aromatic rings. The van der Waals surface area contributed by atoms with Gasteiger partial charge < -0.3 is 0 Å². The molecule has 0 aliphatic carbocycles. The van der Waals surface area contributed by atoms with Gasteiger partial charge in [-0.05, 0) is 0 Å². The Morgan fingerprint density at radius 1 is 0.875 bits per heavy atom. The summed E-state index contributed by atoms with van der Waals surface area (Å²) in [4.78, 5) is 0. The van der Waals surface area contributed by atoms with E-state index in [1.54, 1.807) is 12.4 Å². The molecule has 51 valence electrons. The summed E-state index contributed by atoms with van der Waals surface area (Å²) in [7, 11) is 0. The molecule has 0 unspecified atom stereocenters. The average Bonchev–Trinajstić information content (AvgIpc) is 1.72. The van der Waals surface area contributed by atoms with E-state index in [0.717, 1.165) is 0 Å². The summed E-state index contributed by atoms with van der Waals surface area (Å²) < 4.78 is 4.65. The van der Waals surface area contributed by atoms with Crippen LogP contribution < -0.4 is 0 Å². The molecule has 0 N–H and O–H groups in total. The third-order valence-electron chi connectivity index (χ3n) is 1.50. The van der Waals surface area contributed by atoms with Crippen LogP contribution >= 0.6 is 12.4 Å². The fourth-order valence-corrected chi connectivity index (χ4v) is 4.44. The molecule has 0 radical (unpaired) electrons. The van der Waals surface area contributed by atoms with E-state index < -0.39 is 21.8 Å². The predicted octanol–water partition coefficient (Wildman–Crippen LogP) is 3.34. The van der Waals surface area contributed by atoms with Crippen LogP contribution in [0.4, 0.5) is 0 Å². The molecule has 0 rings (SSSR count). The topological polar surface area (TPSA) is 0 Å². The molecule has 0 nitrogen and oxygen atoms in total. The minimum Gasteiger partial charge on any atom is -0.147 e. The molecule has 0 aromatic heterocycles. The molecule has 0 aliphatic rings. The van der Waals surface area contributed by atoms with Gasteiger partial charge in [-0.3, -0.25) is 0 Å². The smallest absolute Gasteiger partial charge is 0.147 e. The summed E-state index contributed by atoms with van der Waals surface area (Å²) >= 11 is -0.653. The van der Waals surface area contributed by atoms with Crippen molar-refractivity contribution >= 4 is 12.4 Å². The molecule has 0 amide bonds. The van der Waals surface area contributed by atoms with Gasteiger partial charge in [-0.25, -0.2) is 0 Å². The van der Waals surface area contributed by atoms with Gasteiger partial charge in [0.15, 0.2) is 0 Å². The molecule has 0 fully saturated rings. The van der Waals surface area contributed by atoms with Gasteiger partial charge in [0.05, 0.1) is 0 Å². The third kappa shape index (κ3) is 5.31. The minimum absolute atomic E-state index is 0. The van der Waals surface area contributed by atoms with Crippen LogP contribution in [0.15, 0.2) is 0 Å². The van der Waals surface area contributed by atoms with Crippen LogP contribution in [0.2, 0.25) is 12.4 Å². The van der Waals surface area contributed by atoms with Gasteiger partial charge in [0.1, 0.15) is 0 Å². The largest absolute Gasteiger partial charge is 0.147 e. The molecule has 0 spiro atoms. The van der Waals surface area contributed by atoms with E-state index in [2.05, 4.69) is 20.8 Å². The van der Waals surface area contributed by atoms with Crippen molar-refractivity contribution in [1.29, 1.82) is 0 Å². The Morgan fingerprint density at radius 3 is 1.12 bits per heavy atom. The van der Waals surface area contributed by atoms with Gasteiger partial charge in [-0.2, -0.15) is 0 Å². The van der Waals surface area contributed by atoms with Crippen molar-refractivity contribution in [3.05, 3.63) is 0 Å². The molecule has 0 aromatic carbocycles. The van der Waals surface area contributed by atoms with E-state index in [4.69, 9.17) is 0 Å². The maximum Gasteiger partial charge on any atom is -0.147 e. The minimum atomic E-state index is -0.653. The van der Waals surface area contributed by atoms with E-state index in [1.165, 1.54) is 0 Å². The van der Waals surface area contributed by atoms with Crippen molar-refractivity contribution in [2.24, 2.45) is 0 Å². The Bertz CT molecular complexity index is 30.0. The SMILES string of the molecule is C[CH2][Zr]([CH2]C)[CH2]C.Cl. The number of hydrogen-bond donors (Lipinski definition) is 0. The normalized spacial score (nSPS) is 7.88. The summed E-state index contributed by atoms with van der Waals surface area (Å²) in [6.45, 7) is 7.05. The van der Waals surface area contributed by atoms with Crippen LogP contribution in [-0.4, -0.2) is 0 Å². The number of rotatable bonds is 3. The zero-order valence-electron chi connectivity index (χ0n) is 6.03. The summed E-state index contributed by atoms with van der Waals surface area (Å²) in [6.07, 6.45) is 0. The Kier molecular flexibility index (Phi) is 12.2. The molecular weight excluding hydrogens is 199 g/mol. The molecular formula is C6H16ClZr. The molecule has 0 heterocycles. The zero-order valence-corrected chi connectivity index (χ0v) is 9.30. The van der Waals surface area contributed by atoms with Crippen LogP contribution in [-0.2, 0) is 21.8 Å². The second-order valence-electron chi connectivity index (χ2n) is 1.81. The second-order valence-corrected chi connectivity index (χ2v) is 10.7. The maximum atomic E-state index is 2.35. The Labute approximate surface area is 67.1 Å². The first-order valence-corrected chi connectivity index (χ1v) is 8.40. The van der Waals surface area contributed by atoms with E-state index in [-0.39, 0.29) is 12.4 Å². The number of halogens is 1. The third-order valence-corrected chi connectivity index (χ3v) is 8.87. The first-order chi connectivity index (χ1) is 3.35. The monoisotopic (exact) mass is 213 g/mol. The summed E-state index contributed by atoms with van der Waals surface area (Å²) in [6, 6.07) is 0. The molecule has 2 heteroatoms. The van der Waals surface area contributed by atoms with E-state index in [1.807, 2.05) is 0 Å². The van der Waals surface area contributed by atoms with Crippen LogP contribution in [0.3, 0.4) is 0 Å². The van der Waals surface area contributed by atoms with Gasteiger partial charge in [0.25, 0.3) is 0 Å². The molecule has 0 saturated carbocycles. The molecule has 0 aliphatic heterocycles. The average molecular weight is 215 g/mol. The van der Waals surface area contributed by atoms with Crippen molar-refractivity contribution in [2.75, 3.05) is 0 Å².